The Hall–Kier alpha value is -1.26. The molecule has 0 atom stereocenters. The van der Waals surface area contributed by atoms with E-state index in [4.69, 9.17) is 23.2 Å². The fourth-order valence-corrected chi connectivity index (χ4v) is 2.66. The van der Waals surface area contributed by atoms with Crippen molar-refractivity contribution in [3.05, 3.63) is 34.9 Å². The summed E-state index contributed by atoms with van der Waals surface area (Å²) in [6.07, 6.45) is 1.17. The molecule has 0 aliphatic carbocycles. The predicted molar refractivity (Wildman–Crippen MR) is 83.9 cm³/mol. The van der Waals surface area contributed by atoms with Crippen molar-refractivity contribution in [1.29, 1.82) is 0 Å². The van der Waals surface area contributed by atoms with Gasteiger partial charge in [-0.1, -0.05) is 17.7 Å². The summed E-state index contributed by atoms with van der Waals surface area (Å²) in [4.78, 5) is 27.8. The molecule has 0 aromatic heterocycles. The Balaban J connectivity index is 1.89. The number of nitrogens with zero attached hydrogens (tertiary/aromatic N) is 2. The monoisotopic (exact) mass is 328 g/mol. The van der Waals surface area contributed by atoms with Gasteiger partial charge in [-0.3, -0.25) is 9.59 Å². The predicted octanol–water partition coefficient (Wildman–Crippen LogP) is 2.64. The van der Waals surface area contributed by atoms with Crippen LogP contribution in [0.3, 0.4) is 0 Å². The molecule has 2 rings (SSSR count). The molecule has 1 heterocycles. The summed E-state index contributed by atoms with van der Waals surface area (Å²) in [5.74, 6) is 0.578. The molecule has 1 aliphatic heterocycles. The maximum absolute atomic E-state index is 12.3. The molecule has 4 nitrogen and oxygen atoms in total. The van der Waals surface area contributed by atoms with Crippen LogP contribution in [0.1, 0.15) is 23.2 Å². The zero-order valence-corrected chi connectivity index (χ0v) is 13.2. The fraction of sp³-hybridized carbons (Fsp3) is 0.467. The molecule has 114 valence electrons. The van der Waals surface area contributed by atoms with Crippen molar-refractivity contribution >= 4 is 35.0 Å². The third kappa shape index (κ3) is 4.35. The van der Waals surface area contributed by atoms with Gasteiger partial charge in [0.25, 0.3) is 5.91 Å². The standard InChI is InChI=1S/C15H18Cl2N2O2/c16-6-2-5-14(20)18-7-9-19(10-8-18)15(21)12-3-1-4-13(17)11-12/h1,3-4,11H,2,5-10H2. The van der Waals surface area contributed by atoms with Crippen LogP contribution >= 0.6 is 23.2 Å². The molecule has 2 amide bonds. The number of alkyl halides is 1. The van der Waals surface area contributed by atoms with E-state index in [0.29, 0.717) is 55.5 Å². The Morgan fingerprint density at radius 1 is 1.10 bits per heavy atom. The van der Waals surface area contributed by atoms with Gasteiger partial charge in [-0.15, -0.1) is 11.6 Å². The lowest BCUT2D eigenvalue weighted by Gasteiger charge is -2.35. The number of benzene rings is 1. The molecule has 1 aliphatic rings. The van der Waals surface area contributed by atoms with Crippen molar-refractivity contribution in [3.63, 3.8) is 0 Å². The van der Waals surface area contributed by atoms with Crippen LogP contribution in [-0.2, 0) is 4.79 Å². The number of carbonyl (C=O) groups is 2. The van der Waals surface area contributed by atoms with Crippen molar-refractivity contribution in [1.82, 2.24) is 9.80 Å². The molecule has 21 heavy (non-hydrogen) atoms. The summed E-state index contributed by atoms with van der Waals surface area (Å²) in [5.41, 5.74) is 0.587. The number of halogens is 2. The first-order chi connectivity index (χ1) is 10.1. The Labute approximate surface area is 134 Å². The second-order valence-corrected chi connectivity index (χ2v) is 5.79. The van der Waals surface area contributed by atoms with E-state index in [0.717, 1.165) is 0 Å². The van der Waals surface area contributed by atoms with Gasteiger partial charge in [0, 0.05) is 49.1 Å². The molecular formula is C15H18Cl2N2O2. The maximum atomic E-state index is 12.3. The molecule has 6 heteroatoms. The Bertz CT molecular complexity index is 514. The third-order valence-electron chi connectivity index (χ3n) is 3.52. The first kappa shape index (κ1) is 16.1. The van der Waals surface area contributed by atoms with Gasteiger partial charge in [-0.25, -0.2) is 0 Å². The molecule has 1 fully saturated rings. The van der Waals surface area contributed by atoms with E-state index in [1.807, 2.05) is 0 Å². The van der Waals surface area contributed by atoms with Crippen LogP contribution in [-0.4, -0.2) is 53.7 Å². The lowest BCUT2D eigenvalue weighted by Crippen LogP contribution is -2.50. The van der Waals surface area contributed by atoms with Crippen LogP contribution in [0.2, 0.25) is 5.02 Å². The summed E-state index contributed by atoms with van der Waals surface area (Å²) in [5, 5.41) is 0.552. The van der Waals surface area contributed by atoms with Gasteiger partial charge in [-0.05, 0) is 24.6 Å². The highest BCUT2D eigenvalue weighted by Gasteiger charge is 2.24. The van der Waals surface area contributed by atoms with E-state index in [9.17, 15) is 9.59 Å². The summed E-state index contributed by atoms with van der Waals surface area (Å²) < 4.78 is 0. The normalized spacial score (nSPS) is 15.1. The summed E-state index contributed by atoms with van der Waals surface area (Å²) in [7, 11) is 0. The smallest absolute Gasteiger partial charge is 0.254 e. The SMILES string of the molecule is O=C(CCCCl)N1CCN(C(=O)c2cccc(Cl)c2)CC1. The first-order valence-corrected chi connectivity index (χ1v) is 7.91. The number of carbonyl (C=O) groups excluding carboxylic acids is 2. The fourth-order valence-electron chi connectivity index (χ4n) is 2.34. The van der Waals surface area contributed by atoms with Gasteiger partial charge in [0.15, 0.2) is 0 Å². The largest absolute Gasteiger partial charge is 0.339 e. The van der Waals surface area contributed by atoms with Crippen LogP contribution in [0.4, 0.5) is 0 Å². The van der Waals surface area contributed by atoms with E-state index in [-0.39, 0.29) is 11.8 Å². The van der Waals surface area contributed by atoms with Crippen molar-refractivity contribution < 1.29 is 9.59 Å². The molecular weight excluding hydrogens is 311 g/mol. The van der Waals surface area contributed by atoms with Gasteiger partial charge in [0.2, 0.25) is 5.91 Å². The zero-order valence-electron chi connectivity index (χ0n) is 11.7. The average Bonchev–Trinajstić information content (AvgIpc) is 2.52. The minimum absolute atomic E-state index is 0.0367. The van der Waals surface area contributed by atoms with Crippen molar-refractivity contribution in [3.8, 4) is 0 Å². The second kappa shape index (κ2) is 7.66. The molecule has 0 bridgehead atoms. The molecule has 1 aromatic carbocycles. The highest BCUT2D eigenvalue weighted by atomic mass is 35.5. The van der Waals surface area contributed by atoms with Crippen molar-refractivity contribution in [2.75, 3.05) is 32.1 Å². The zero-order chi connectivity index (χ0) is 15.2. The Morgan fingerprint density at radius 3 is 2.38 bits per heavy atom. The topological polar surface area (TPSA) is 40.6 Å². The van der Waals surface area contributed by atoms with Crippen LogP contribution < -0.4 is 0 Å². The van der Waals surface area contributed by atoms with Crippen LogP contribution in [0, 0.1) is 0 Å². The minimum Gasteiger partial charge on any atom is -0.339 e. The second-order valence-electron chi connectivity index (χ2n) is 4.98. The third-order valence-corrected chi connectivity index (χ3v) is 4.02. The van der Waals surface area contributed by atoms with Crippen LogP contribution in [0.25, 0.3) is 0 Å². The summed E-state index contributed by atoms with van der Waals surface area (Å²) >= 11 is 11.5. The quantitative estimate of drug-likeness (QED) is 0.797. The van der Waals surface area contributed by atoms with E-state index < -0.39 is 0 Å². The number of hydrogen-bond acceptors (Lipinski definition) is 2. The van der Waals surface area contributed by atoms with Crippen molar-refractivity contribution in [2.24, 2.45) is 0 Å². The molecule has 0 spiro atoms. The molecule has 1 aromatic rings. The Kier molecular flexibility index (Phi) is 5.88. The van der Waals surface area contributed by atoms with Gasteiger partial charge < -0.3 is 9.80 Å². The van der Waals surface area contributed by atoms with E-state index in [1.165, 1.54) is 0 Å². The first-order valence-electron chi connectivity index (χ1n) is 7.00. The van der Waals surface area contributed by atoms with E-state index >= 15 is 0 Å². The highest BCUT2D eigenvalue weighted by molar-refractivity contribution is 6.30. The summed E-state index contributed by atoms with van der Waals surface area (Å²) in [6, 6.07) is 6.93. The van der Waals surface area contributed by atoms with Gasteiger partial charge in [0.05, 0.1) is 0 Å². The molecule has 1 saturated heterocycles. The van der Waals surface area contributed by atoms with Crippen LogP contribution in [0.15, 0.2) is 24.3 Å². The minimum atomic E-state index is -0.0367. The Morgan fingerprint density at radius 2 is 1.76 bits per heavy atom. The number of amides is 2. The number of piperazine rings is 1. The lowest BCUT2D eigenvalue weighted by molar-refractivity contribution is -0.132. The highest BCUT2D eigenvalue weighted by Crippen LogP contribution is 2.14. The van der Waals surface area contributed by atoms with Gasteiger partial charge in [-0.2, -0.15) is 0 Å². The summed E-state index contributed by atoms with van der Waals surface area (Å²) in [6.45, 7) is 2.26. The molecule has 0 radical (unpaired) electrons. The average molecular weight is 329 g/mol. The molecule has 0 unspecified atom stereocenters. The molecule has 0 saturated carbocycles. The van der Waals surface area contributed by atoms with Crippen LogP contribution in [0.5, 0.6) is 0 Å². The number of hydrogen-bond donors (Lipinski definition) is 0. The lowest BCUT2D eigenvalue weighted by atomic mass is 10.1. The van der Waals surface area contributed by atoms with Crippen molar-refractivity contribution in [2.45, 2.75) is 12.8 Å². The van der Waals surface area contributed by atoms with Gasteiger partial charge in [0.1, 0.15) is 0 Å². The van der Waals surface area contributed by atoms with Gasteiger partial charge >= 0.3 is 0 Å². The van der Waals surface area contributed by atoms with E-state index in [1.54, 1.807) is 34.1 Å². The molecule has 0 N–H and O–H groups in total. The maximum Gasteiger partial charge on any atom is 0.254 e. The number of rotatable bonds is 4. The van der Waals surface area contributed by atoms with E-state index in [2.05, 4.69) is 0 Å².